The summed E-state index contributed by atoms with van der Waals surface area (Å²) < 4.78 is 0. The van der Waals surface area contributed by atoms with Crippen LogP contribution in [0.5, 0.6) is 0 Å². The monoisotopic (exact) mass is 387 g/mol. The standard InChI is InChI=1S/C21H33N5O2/c1-15(2)9-11-26-12-10-22-21(28)19(26)13-20(27)25(3)14-18-16-7-5-4-6-8-17(16)23-24-18/h9,19H,4-8,10-14H2,1-3H3,(H,22,28)(H,23,24). The number of aromatic amines is 1. The summed E-state index contributed by atoms with van der Waals surface area (Å²) in [4.78, 5) is 29.1. The Bertz CT molecular complexity index is 735. The summed E-state index contributed by atoms with van der Waals surface area (Å²) in [6.45, 7) is 6.69. The van der Waals surface area contributed by atoms with Crippen molar-refractivity contribution in [1.29, 1.82) is 0 Å². The first-order valence-electron chi connectivity index (χ1n) is 10.4. The van der Waals surface area contributed by atoms with Crippen LogP contribution in [0.15, 0.2) is 11.6 Å². The lowest BCUT2D eigenvalue weighted by molar-refractivity contribution is -0.138. The van der Waals surface area contributed by atoms with Crippen LogP contribution in [0, 0.1) is 0 Å². The maximum absolute atomic E-state index is 12.9. The summed E-state index contributed by atoms with van der Waals surface area (Å²) in [6, 6.07) is -0.407. The second kappa shape index (κ2) is 9.37. The zero-order valence-electron chi connectivity index (χ0n) is 17.4. The summed E-state index contributed by atoms with van der Waals surface area (Å²) in [5, 5.41) is 10.5. The number of hydrogen-bond donors (Lipinski definition) is 2. The largest absolute Gasteiger partial charge is 0.353 e. The van der Waals surface area contributed by atoms with Gasteiger partial charge in [0.15, 0.2) is 0 Å². The number of rotatable bonds is 6. The molecule has 1 aromatic heterocycles. The van der Waals surface area contributed by atoms with Crippen LogP contribution >= 0.6 is 0 Å². The summed E-state index contributed by atoms with van der Waals surface area (Å²) in [7, 11) is 1.81. The number of nitrogens with zero attached hydrogens (tertiary/aromatic N) is 3. The number of carbonyl (C=O) groups is 2. The van der Waals surface area contributed by atoms with Crippen molar-refractivity contribution < 1.29 is 9.59 Å². The zero-order valence-corrected chi connectivity index (χ0v) is 17.4. The minimum atomic E-state index is -0.407. The van der Waals surface area contributed by atoms with Gasteiger partial charge in [-0.3, -0.25) is 19.6 Å². The van der Waals surface area contributed by atoms with Gasteiger partial charge in [0.1, 0.15) is 0 Å². The molecule has 0 saturated carbocycles. The number of allylic oxidation sites excluding steroid dienone is 1. The Morgan fingerprint density at radius 1 is 1.29 bits per heavy atom. The number of H-pyrrole nitrogens is 1. The fraction of sp³-hybridized carbons (Fsp3) is 0.667. The first-order valence-corrected chi connectivity index (χ1v) is 10.4. The fourth-order valence-electron chi connectivity index (χ4n) is 3.99. The molecule has 1 unspecified atom stereocenters. The number of amides is 2. The number of carbonyl (C=O) groups excluding carboxylic acids is 2. The molecule has 7 heteroatoms. The molecule has 2 amide bonds. The van der Waals surface area contributed by atoms with Gasteiger partial charge in [0.05, 0.1) is 24.7 Å². The molecule has 2 heterocycles. The number of aryl methyl sites for hydroxylation is 1. The van der Waals surface area contributed by atoms with E-state index in [1.54, 1.807) is 11.9 Å². The third kappa shape index (κ3) is 5.01. The molecular formula is C21H33N5O2. The lowest BCUT2D eigenvalue weighted by Crippen LogP contribution is -2.56. The van der Waals surface area contributed by atoms with E-state index in [0.29, 0.717) is 19.6 Å². The van der Waals surface area contributed by atoms with Crippen molar-refractivity contribution in [2.24, 2.45) is 0 Å². The fourth-order valence-corrected chi connectivity index (χ4v) is 3.99. The molecule has 1 aliphatic carbocycles. The lowest BCUT2D eigenvalue weighted by Gasteiger charge is -2.34. The van der Waals surface area contributed by atoms with Gasteiger partial charge in [-0.05, 0) is 45.1 Å². The summed E-state index contributed by atoms with van der Waals surface area (Å²) >= 11 is 0. The SMILES string of the molecule is CC(C)=CCN1CCNC(=O)C1CC(=O)N(C)Cc1n[nH]c2c1CCCCC2. The van der Waals surface area contributed by atoms with Gasteiger partial charge in [-0.25, -0.2) is 0 Å². The van der Waals surface area contributed by atoms with E-state index in [-0.39, 0.29) is 18.2 Å². The first kappa shape index (κ1) is 20.6. The first-order chi connectivity index (χ1) is 13.5. The minimum Gasteiger partial charge on any atom is -0.353 e. The molecule has 2 N–H and O–H groups in total. The zero-order chi connectivity index (χ0) is 20.1. The molecular weight excluding hydrogens is 354 g/mol. The van der Waals surface area contributed by atoms with E-state index < -0.39 is 6.04 Å². The molecule has 1 aliphatic heterocycles. The van der Waals surface area contributed by atoms with Crippen molar-refractivity contribution in [1.82, 2.24) is 25.3 Å². The Hall–Kier alpha value is -2.15. The molecule has 0 radical (unpaired) electrons. The molecule has 0 spiro atoms. The Morgan fingerprint density at radius 2 is 2.07 bits per heavy atom. The Labute approximate surface area is 167 Å². The molecule has 0 aromatic carbocycles. The average Bonchev–Trinajstić information content (AvgIpc) is 2.88. The van der Waals surface area contributed by atoms with Crippen LogP contribution < -0.4 is 5.32 Å². The number of hydrogen-bond acceptors (Lipinski definition) is 4. The molecule has 154 valence electrons. The molecule has 1 aromatic rings. The van der Waals surface area contributed by atoms with E-state index in [9.17, 15) is 9.59 Å². The molecule has 3 rings (SSSR count). The van der Waals surface area contributed by atoms with Crippen LogP contribution in [-0.2, 0) is 29.0 Å². The van der Waals surface area contributed by atoms with Crippen molar-refractivity contribution in [3.63, 3.8) is 0 Å². The highest BCUT2D eigenvalue weighted by Gasteiger charge is 2.32. The smallest absolute Gasteiger partial charge is 0.237 e. The topological polar surface area (TPSA) is 81.3 Å². The van der Waals surface area contributed by atoms with Gasteiger partial charge in [0.25, 0.3) is 0 Å². The second-order valence-corrected chi connectivity index (χ2v) is 8.23. The number of aromatic nitrogens is 2. The molecule has 2 aliphatic rings. The van der Waals surface area contributed by atoms with Crippen molar-refractivity contribution in [3.05, 3.63) is 28.6 Å². The van der Waals surface area contributed by atoms with Gasteiger partial charge >= 0.3 is 0 Å². The van der Waals surface area contributed by atoms with Crippen LogP contribution in [0.1, 0.15) is 56.5 Å². The van der Waals surface area contributed by atoms with Crippen molar-refractivity contribution in [2.45, 2.75) is 65.0 Å². The van der Waals surface area contributed by atoms with Crippen molar-refractivity contribution >= 4 is 11.8 Å². The van der Waals surface area contributed by atoms with Crippen molar-refractivity contribution in [2.75, 3.05) is 26.7 Å². The summed E-state index contributed by atoms with van der Waals surface area (Å²) in [6.07, 6.45) is 8.01. The number of piperazine rings is 1. The quantitative estimate of drug-likeness (QED) is 0.576. The normalized spacial score (nSPS) is 20.1. The van der Waals surface area contributed by atoms with Gasteiger partial charge < -0.3 is 10.2 Å². The molecule has 0 bridgehead atoms. The number of nitrogens with one attached hydrogen (secondary N) is 2. The maximum atomic E-state index is 12.9. The molecule has 1 saturated heterocycles. The van der Waals surface area contributed by atoms with Gasteiger partial charge in [0, 0.05) is 32.4 Å². The third-order valence-corrected chi connectivity index (χ3v) is 5.75. The number of fused-ring (bicyclic) bond motifs is 1. The highest BCUT2D eigenvalue weighted by molar-refractivity contribution is 5.88. The molecule has 1 fully saturated rings. The Balaban J connectivity index is 1.63. The minimum absolute atomic E-state index is 0.0189. The predicted molar refractivity (Wildman–Crippen MR) is 109 cm³/mol. The maximum Gasteiger partial charge on any atom is 0.237 e. The van der Waals surface area contributed by atoms with Crippen LogP contribution in [0.2, 0.25) is 0 Å². The predicted octanol–water partition coefficient (Wildman–Crippen LogP) is 1.79. The van der Waals surface area contributed by atoms with Crippen LogP contribution in [0.3, 0.4) is 0 Å². The van der Waals surface area contributed by atoms with Crippen LogP contribution in [0.4, 0.5) is 0 Å². The van der Waals surface area contributed by atoms with E-state index in [0.717, 1.165) is 25.1 Å². The molecule has 28 heavy (non-hydrogen) atoms. The van der Waals surface area contributed by atoms with Gasteiger partial charge in [-0.1, -0.05) is 18.1 Å². The molecule has 1 atom stereocenters. The summed E-state index contributed by atoms with van der Waals surface area (Å²) in [5.41, 5.74) is 4.71. The van der Waals surface area contributed by atoms with Gasteiger partial charge in [0.2, 0.25) is 11.8 Å². The van der Waals surface area contributed by atoms with Crippen molar-refractivity contribution in [3.8, 4) is 0 Å². The Kier molecular flexibility index (Phi) is 6.88. The van der Waals surface area contributed by atoms with E-state index >= 15 is 0 Å². The third-order valence-electron chi connectivity index (χ3n) is 5.75. The Morgan fingerprint density at radius 3 is 2.86 bits per heavy atom. The molecule has 7 nitrogen and oxygen atoms in total. The van der Waals surface area contributed by atoms with E-state index in [1.807, 2.05) is 13.8 Å². The van der Waals surface area contributed by atoms with E-state index in [1.165, 1.54) is 36.1 Å². The van der Waals surface area contributed by atoms with Gasteiger partial charge in [-0.15, -0.1) is 0 Å². The van der Waals surface area contributed by atoms with Crippen LogP contribution in [0.25, 0.3) is 0 Å². The van der Waals surface area contributed by atoms with Gasteiger partial charge in [-0.2, -0.15) is 5.10 Å². The van der Waals surface area contributed by atoms with Crippen LogP contribution in [-0.4, -0.2) is 64.5 Å². The highest BCUT2D eigenvalue weighted by atomic mass is 16.2. The summed E-state index contributed by atoms with van der Waals surface area (Å²) in [5.74, 6) is -0.0709. The van der Waals surface area contributed by atoms with E-state index in [4.69, 9.17) is 0 Å². The average molecular weight is 388 g/mol. The lowest BCUT2D eigenvalue weighted by atomic mass is 10.1. The highest BCUT2D eigenvalue weighted by Crippen LogP contribution is 2.22. The second-order valence-electron chi connectivity index (χ2n) is 8.23. The van der Waals surface area contributed by atoms with E-state index in [2.05, 4.69) is 26.5 Å².